The molecule has 214 valence electrons. The highest BCUT2D eigenvalue weighted by Gasteiger charge is 2.19. The minimum absolute atomic E-state index is 0.0897. The third-order valence-corrected chi connectivity index (χ3v) is 6.81. The number of hydrogen-bond acceptors (Lipinski definition) is 8. The molecule has 0 fully saturated rings. The molecule has 10 nitrogen and oxygen atoms in total. The summed E-state index contributed by atoms with van der Waals surface area (Å²) in [5.74, 6) is 0.931. The van der Waals surface area contributed by atoms with Crippen molar-refractivity contribution in [2.45, 2.75) is 33.5 Å². The molecule has 1 N–H and O–H groups in total. The molecule has 4 rings (SSSR count). The normalized spacial score (nSPS) is 11.8. The SMILES string of the molecule is COC(=O)[C@H](C)Oc1cc(Br)c(/C=N/NC(=O)c2ccc(COc3ccc(-n4c(C)ccc4C)cc3)o2)cc1OC. The van der Waals surface area contributed by atoms with Crippen LogP contribution in [0.2, 0.25) is 0 Å². The van der Waals surface area contributed by atoms with E-state index < -0.39 is 18.0 Å². The van der Waals surface area contributed by atoms with E-state index in [0.29, 0.717) is 33.0 Å². The lowest BCUT2D eigenvalue weighted by Gasteiger charge is -2.16. The Labute approximate surface area is 246 Å². The molecule has 0 saturated heterocycles. The van der Waals surface area contributed by atoms with Crippen molar-refractivity contribution in [3.05, 3.63) is 93.6 Å². The predicted octanol–water partition coefficient (Wildman–Crippen LogP) is 5.74. The molecule has 4 aromatic rings. The van der Waals surface area contributed by atoms with Gasteiger partial charge in [0.25, 0.3) is 0 Å². The fourth-order valence-corrected chi connectivity index (χ4v) is 4.45. The highest BCUT2D eigenvalue weighted by atomic mass is 79.9. The molecular weight excluding hydrogens is 594 g/mol. The molecule has 0 bridgehead atoms. The number of esters is 1. The Morgan fingerprint density at radius 3 is 2.39 bits per heavy atom. The Morgan fingerprint density at radius 1 is 1.02 bits per heavy atom. The number of benzene rings is 2. The van der Waals surface area contributed by atoms with E-state index in [2.05, 4.69) is 61.7 Å². The third kappa shape index (κ3) is 7.17. The highest BCUT2D eigenvalue weighted by Crippen LogP contribution is 2.33. The Bertz CT molecular complexity index is 1540. The van der Waals surface area contributed by atoms with E-state index in [1.165, 1.54) is 20.4 Å². The van der Waals surface area contributed by atoms with E-state index in [0.717, 1.165) is 17.1 Å². The molecule has 41 heavy (non-hydrogen) atoms. The summed E-state index contributed by atoms with van der Waals surface area (Å²) in [5, 5.41) is 4.01. The van der Waals surface area contributed by atoms with Gasteiger partial charge in [0.15, 0.2) is 23.4 Å². The zero-order valence-electron chi connectivity index (χ0n) is 23.3. The van der Waals surface area contributed by atoms with Gasteiger partial charge in [-0.2, -0.15) is 5.10 Å². The van der Waals surface area contributed by atoms with Crippen LogP contribution in [0.25, 0.3) is 5.69 Å². The summed E-state index contributed by atoms with van der Waals surface area (Å²) in [6, 6.07) is 18.4. The summed E-state index contributed by atoms with van der Waals surface area (Å²) < 4.78 is 29.9. The van der Waals surface area contributed by atoms with Gasteiger partial charge in [-0.1, -0.05) is 0 Å². The quantitative estimate of drug-likeness (QED) is 0.129. The van der Waals surface area contributed by atoms with Crippen LogP contribution in [0.1, 0.15) is 40.2 Å². The molecule has 0 spiro atoms. The van der Waals surface area contributed by atoms with Gasteiger partial charge in [-0.15, -0.1) is 0 Å². The number of hydrogen-bond donors (Lipinski definition) is 1. The Morgan fingerprint density at radius 2 is 1.73 bits per heavy atom. The van der Waals surface area contributed by atoms with Gasteiger partial charge in [0.1, 0.15) is 18.1 Å². The summed E-state index contributed by atoms with van der Waals surface area (Å²) in [6.07, 6.45) is 0.609. The maximum Gasteiger partial charge on any atom is 0.346 e. The maximum absolute atomic E-state index is 12.5. The number of furan rings is 1. The van der Waals surface area contributed by atoms with Crippen LogP contribution in [0.4, 0.5) is 0 Å². The van der Waals surface area contributed by atoms with Crippen molar-refractivity contribution in [3.63, 3.8) is 0 Å². The van der Waals surface area contributed by atoms with Gasteiger partial charge in [-0.25, -0.2) is 10.2 Å². The number of ether oxygens (including phenoxy) is 4. The lowest BCUT2D eigenvalue weighted by atomic mass is 10.2. The van der Waals surface area contributed by atoms with Gasteiger partial charge < -0.3 is 27.9 Å². The first-order valence-electron chi connectivity index (χ1n) is 12.6. The molecule has 1 amide bonds. The fourth-order valence-electron chi connectivity index (χ4n) is 4.02. The Balaban J connectivity index is 1.33. The molecule has 0 aliphatic heterocycles. The van der Waals surface area contributed by atoms with Gasteiger partial charge in [-0.3, -0.25) is 4.79 Å². The molecule has 2 aromatic heterocycles. The van der Waals surface area contributed by atoms with Crippen LogP contribution in [-0.2, 0) is 16.1 Å². The molecule has 0 saturated carbocycles. The van der Waals surface area contributed by atoms with Crippen molar-refractivity contribution < 1.29 is 33.0 Å². The second-order valence-electron chi connectivity index (χ2n) is 9.01. The number of nitrogens with one attached hydrogen (secondary N) is 1. The number of amides is 1. The van der Waals surface area contributed by atoms with Gasteiger partial charge in [-0.05, 0) is 97.4 Å². The van der Waals surface area contributed by atoms with Gasteiger partial charge in [0.05, 0.1) is 20.4 Å². The number of carbonyl (C=O) groups excluding carboxylic acids is 2. The van der Waals surface area contributed by atoms with Crippen molar-refractivity contribution >= 4 is 34.0 Å². The number of hydrazone groups is 1. The first-order chi connectivity index (χ1) is 19.7. The van der Waals surface area contributed by atoms with Crippen LogP contribution in [0.3, 0.4) is 0 Å². The number of carbonyl (C=O) groups is 2. The Hall–Kier alpha value is -4.51. The molecule has 11 heteroatoms. The van der Waals surface area contributed by atoms with Crippen LogP contribution in [-0.4, -0.2) is 43.0 Å². The number of nitrogens with zero attached hydrogens (tertiary/aromatic N) is 2. The van der Waals surface area contributed by atoms with Crippen molar-refractivity contribution in [3.8, 4) is 22.9 Å². The molecule has 2 heterocycles. The average molecular weight is 624 g/mol. The van der Waals surface area contributed by atoms with E-state index in [1.54, 1.807) is 31.2 Å². The Kier molecular flexibility index (Phi) is 9.51. The molecule has 1 atom stereocenters. The summed E-state index contributed by atoms with van der Waals surface area (Å²) in [7, 11) is 2.76. The zero-order chi connectivity index (χ0) is 29.5. The minimum Gasteiger partial charge on any atom is -0.493 e. The summed E-state index contributed by atoms with van der Waals surface area (Å²) in [6.45, 7) is 5.85. The molecule has 0 unspecified atom stereocenters. The van der Waals surface area contributed by atoms with Gasteiger partial charge in [0, 0.05) is 27.1 Å². The topological polar surface area (TPSA) is 114 Å². The largest absolute Gasteiger partial charge is 0.493 e. The molecule has 0 radical (unpaired) electrons. The number of aryl methyl sites for hydroxylation is 2. The molecule has 2 aromatic carbocycles. The summed E-state index contributed by atoms with van der Waals surface area (Å²) >= 11 is 3.44. The standard InChI is InChI=1S/C30H30BrN3O7/c1-18-6-7-19(2)34(18)22-8-10-23(11-9-22)39-17-24-12-13-26(41-24)29(35)33-32-16-21-14-27(37-4)28(15-25(21)31)40-20(3)30(36)38-5/h6-16,20H,17H2,1-5H3,(H,33,35)/b32-16+/t20-/m0/s1. The second kappa shape index (κ2) is 13.2. The van der Waals surface area contributed by atoms with Crippen LogP contribution in [0.5, 0.6) is 17.2 Å². The van der Waals surface area contributed by atoms with Crippen LogP contribution < -0.4 is 19.6 Å². The number of methoxy groups -OCH3 is 2. The van der Waals surface area contributed by atoms with Crippen LogP contribution in [0.15, 0.2) is 74.7 Å². The lowest BCUT2D eigenvalue weighted by molar-refractivity contribution is -0.147. The smallest absolute Gasteiger partial charge is 0.346 e. The number of aromatic nitrogens is 1. The van der Waals surface area contributed by atoms with E-state index in [1.807, 2.05) is 24.3 Å². The summed E-state index contributed by atoms with van der Waals surface area (Å²) in [5.41, 5.74) is 6.40. The predicted molar refractivity (Wildman–Crippen MR) is 156 cm³/mol. The van der Waals surface area contributed by atoms with Crippen molar-refractivity contribution in [1.82, 2.24) is 9.99 Å². The van der Waals surface area contributed by atoms with E-state index in [4.69, 9.17) is 18.6 Å². The second-order valence-corrected chi connectivity index (χ2v) is 9.86. The first kappa shape index (κ1) is 29.5. The monoisotopic (exact) mass is 623 g/mol. The van der Waals surface area contributed by atoms with Crippen LogP contribution in [0, 0.1) is 13.8 Å². The zero-order valence-corrected chi connectivity index (χ0v) is 24.9. The third-order valence-electron chi connectivity index (χ3n) is 6.12. The first-order valence-corrected chi connectivity index (χ1v) is 13.4. The fraction of sp³-hybridized carbons (Fsp3) is 0.233. The van der Waals surface area contributed by atoms with Gasteiger partial charge in [0.2, 0.25) is 0 Å². The van der Waals surface area contributed by atoms with E-state index >= 15 is 0 Å². The minimum atomic E-state index is -0.826. The van der Waals surface area contributed by atoms with Crippen molar-refractivity contribution in [2.24, 2.45) is 5.10 Å². The maximum atomic E-state index is 12.5. The highest BCUT2D eigenvalue weighted by molar-refractivity contribution is 9.10. The number of rotatable bonds is 11. The van der Waals surface area contributed by atoms with Crippen molar-refractivity contribution in [1.29, 1.82) is 0 Å². The number of halogens is 1. The van der Waals surface area contributed by atoms with E-state index in [9.17, 15) is 9.59 Å². The summed E-state index contributed by atoms with van der Waals surface area (Å²) in [4.78, 5) is 24.2. The lowest BCUT2D eigenvalue weighted by Crippen LogP contribution is -2.25. The molecule has 0 aliphatic carbocycles. The van der Waals surface area contributed by atoms with Crippen LogP contribution >= 0.6 is 15.9 Å². The van der Waals surface area contributed by atoms with Gasteiger partial charge >= 0.3 is 11.9 Å². The van der Waals surface area contributed by atoms with Crippen molar-refractivity contribution in [2.75, 3.05) is 14.2 Å². The molecular formula is C30H30BrN3O7. The average Bonchev–Trinajstić information content (AvgIpc) is 3.58. The van der Waals surface area contributed by atoms with E-state index in [-0.39, 0.29) is 12.4 Å². The molecule has 0 aliphatic rings.